The monoisotopic (exact) mass is 347 g/mol. The van der Waals surface area contributed by atoms with Crippen LogP contribution >= 0.6 is 15.9 Å². The molecule has 0 bridgehead atoms. The molecule has 0 saturated heterocycles. The third-order valence-electron chi connectivity index (χ3n) is 3.72. The number of halogens is 1. The average Bonchev–Trinajstić information content (AvgIpc) is 2.69. The highest BCUT2D eigenvalue weighted by Gasteiger charge is 2.40. The van der Waals surface area contributed by atoms with E-state index in [1.807, 2.05) is 36.4 Å². The number of fused-ring (bicyclic) bond motifs is 1. The van der Waals surface area contributed by atoms with E-state index in [0.717, 1.165) is 21.7 Å². The number of nitrogens with one attached hydrogen (secondary N) is 1. The van der Waals surface area contributed by atoms with E-state index in [1.165, 1.54) is 5.56 Å². The van der Waals surface area contributed by atoms with Crippen molar-refractivity contribution >= 4 is 21.6 Å². The van der Waals surface area contributed by atoms with Gasteiger partial charge in [0.1, 0.15) is 17.1 Å². The van der Waals surface area contributed by atoms with E-state index in [1.54, 1.807) is 7.11 Å². The summed E-state index contributed by atoms with van der Waals surface area (Å²) in [5, 5.41) is 3.57. The number of anilines is 1. The minimum Gasteiger partial charge on any atom is -0.497 e. The molecule has 1 atom stereocenters. The summed E-state index contributed by atoms with van der Waals surface area (Å²) in [5.41, 5.74) is 1.88. The van der Waals surface area contributed by atoms with Gasteiger partial charge in [0.15, 0.2) is 0 Å². The Morgan fingerprint density at radius 1 is 1.19 bits per heavy atom. The fraction of sp³-hybridized carbons (Fsp3) is 0.294. The second-order valence-corrected chi connectivity index (χ2v) is 6.62. The standard InChI is InChI=1S/C17H18BrNO2/c1-17(2)16(14-6-4-5-7-15(14)21-17)19-12-8-11(18)9-13(10-12)20-3/h4-10,16,19H,1-3H3. The number of benzene rings is 2. The van der Waals surface area contributed by atoms with Crippen molar-refractivity contribution in [3.63, 3.8) is 0 Å². The molecule has 1 N–H and O–H groups in total. The molecule has 0 fully saturated rings. The van der Waals surface area contributed by atoms with E-state index in [0.29, 0.717) is 0 Å². The Hall–Kier alpha value is -1.68. The Morgan fingerprint density at radius 2 is 1.95 bits per heavy atom. The number of hydrogen-bond donors (Lipinski definition) is 1. The fourth-order valence-corrected chi connectivity index (χ4v) is 3.18. The Bertz CT molecular complexity index is 670. The first-order valence-electron chi connectivity index (χ1n) is 6.89. The topological polar surface area (TPSA) is 30.5 Å². The van der Waals surface area contributed by atoms with Crippen LogP contribution in [-0.4, -0.2) is 12.7 Å². The van der Waals surface area contributed by atoms with Gasteiger partial charge in [-0.1, -0.05) is 34.1 Å². The van der Waals surface area contributed by atoms with Crippen LogP contribution in [0.1, 0.15) is 25.5 Å². The molecule has 110 valence electrons. The highest BCUT2D eigenvalue weighted by Crippen LogP contribution is 2.44. The van der Waals surface area contributed by atoms with Crippen LogP contribution in [0.15, 0.2) is 46.9 Å². The lowest BCUT2D eigenvalue weighted by molar-refractivity contribution is 0.118. The zero-order valence-corrected chi connectivity index (χ0v) is 13.9. The Kier molecular flexibility index (Phi) is 3.57. The molecule has 1 aliphatic heterocycles. The number of methoxy groups -OCH3 is 1. The van der Waals surface area contributed by atoms with E-state index >= 15 is 0 Å². The Morgan fingerprint density at radius 3 is 2.71 bits per heavy atom. The summed E-state index contributed by atoms with van der Waals surface area (Å²) in [4.78, 5) is 0. The number of hydrogen-bond acceptors (Lipinski definition) is 3. The zero-order chi connectivity index (χ0) is 15.0. The highest BCUT2D eigenvalue weighted by molar-refractivity contribution is 9.10. The van der Waals surface area contributed by atoms with Crippen molar-refractivity contribution in [1.29, 1.82) is 0 Å². The lowest BCUT2D eigenvalue weighted by Gasteiger charge is -2.28. The van der Waals surface area contributed by atoms with Crippen LogP contribution in [0.2, 0.25) is 0 Å². The lowest BCUT2D eigenvalue weighted by atomic mass is 9.94. The summed E-state index contributed by atoms with van der Waals surface area (Å²) in [6.45, 7) is 4.19. The molecule has 0 saturated carbocycles. The molecular weight excluding hydrogens is 330 g/mol. The summed E-state index contributed by atoms with van der Waals surface area (Å²) < 4.78 is 12.4. The third-order valence-corrected chi connectivity index (χ3v) is 4.17. The maximum atomic E-state index is 6.06. The number of ether oxygens (including phenoxy) is 2. The van der Waals surface area contributed by atoms with Crippen molar-refractivity contribution in [1.82, 2.24) is 0 Å². The molecule has 1 heterocycles. The van der Waals surface area contributed by atoms with Crippen LogP contribution in [0.3, 0.4) is 0 Å². The molecule has 21 heavy (non-hydrogen) atoms. The predicted molar refractivity (Wildman–Crippen MR) is 88.2 cm³/mol. The van der Waals surface area contributed by atoms with Crippen molar-refractivity contribution in [3.8, 4) is 11.5 Å². The van der Waals surface area contributed by atoms with Gasteiger partial charge in [0, 0.05) is 21.8 Å². The van der Waals surface area contributed by atoms with Gasteiger partial charge in [-0.3, -0.25) is 0 Å². The zero-order valence-electron chi connectivity index (χ0n) is 12.3. The SMILES string of the molecule is COc1cc(Br)cc(NC2c3ccccc3OC2(C)C)c1. The molecule has 0 aromatic heterocycles. The van der Waals surface area contributed by atoms with E-state index in [2.05, 4.69) is 41.2 Å². The molecule has 1 unspecified atom stereocenters. The quantitative estimate of drug-likeness (QED) is 0.866. The number of rotatable bonds is 3. The van der Waals surface area contributed by atoms with Crippen molar-refractivity contribution in [3.05, 3.63) is 52.5 Å². The molecule has 0 spiro atoms. The molecule has 3 nitrogen and oxygen atoms in total. The van der Waals surface area contributed by atoms with Crippen LogP contribution in [0.5, 0.6) is 11.5 Å². The Labute approximate surface area is 133 Å². The van der Waals surface area contributed by atoms with E-state index in [4.69, 9.17) is 9.47 Å². The molecule has 3 rings (SSSR count). The smallest absolute Gasteiger partial charge is 0.128 e. The maximum absolute atomic E-state index is 6.06. The minimum atomic E-state index is -0.306. The van der Waals surface area contributed by atoms with Gasteiger partial charge in [-0.2, -0.15) is 0 Å². The van der Waals surface area contributed by atoms with Gasteiger partial charge in [-0.05, 0) is 32.0 Å². The average molecular weight is 348 g/mol. The summed E-state index contributed by atoms with van der Waals surface area (Å²) in [6, 6.07) is 14.2. The van der Waals surface area contributed by atoms with Crippen LogP contribution in [-0.2, 0) is 0 Å². The minimum absolute atomic E-state index is 0.0905. The van der Waals surface area contributed by atoms with Crippen LogP contribution in [0.4, 0.5) is 5.69 Å². The molecular formula is C17H18BrNO2. The fourth-order valence-electron chi connectivity index (χ4n) is 2.71. The van der Waals surface area contributed by atoms with Crippen molar-refractivity contribution in [2.45, 2.75) is 25.5 Å². The second-order valence-electron chi connectivity index (χ2n) is 5.70. The molecule has 0 amide bonds. The normalized spacial score (nSPS) is 18.8. The molecule has 0 radical (unpaired) electrons. The molecule has 2 aromatic carbocycles. The van der Waals surface area contributed by atoms with Gasteiger partial charge in [-0.15, -0.1) is 0 Å². The summed E-state index contributed by atoms with van der Waals surface area (Å²) in [5.74, 6) is 1.76. The first kappa shape index (κ1) is 14.3. The lowest BCUT2D eigenvalue weighted by Crippen LogP contribution is -2.34. The van der Waals surface area contributed by atoms with Crippen LogP contribution in [0, 0.1) is 0 Å². The van der Waals surface area contributed by atoms with E-state index in [-0.39, 0.29) is 11.6 Å². The molecule has 4 heteroatoms. The molecule has 0 aliphatic carbocycles. The highest BCUT2D eigenvalue weighted by atomic mass is 79.9. The first-order chi connectivity index (χ1) is 9.99. The summed E-state index contributed by atoms with van der Waals surface area (Å²) >= 11 is 3.51. The van der Waals surface area contributed by atoms with Crippen LogP contribution in [0.25, 0.3) is 0 Å². The third kappa shape index (κ3) is 2.72. The van der Waals surface area contributed by atoms with Gasteiger partial charge in [0.2, 0.25) is 0 Å². The van der Waals surface area contributed by atoms with Gasteiger partial charge < -0.3 is 14.8 Å². The number of para-hydroxylation sites is 1. The van der Waals surface area contributed by atoms with E-state index < -0.39 is 0 Å². The summed E-state index contributed by atoms with van der Waals surface area (Å²) in [7, 11) is 1.67. The molecule has 1 aliphatic rings. The van der Waals surface area contributed by atoms with Gasteiger partial charge in [-0.25, -0.2) is 0 Å². The predicted octanol–water partition coefficient (Wildman–Crippen LogP) is 4.78. The van der Waals surface area contributed by atoms with Crippen LogP contribution < -0.4 is 14.8 Å². The van der Waals surface area contributed by atoms with Crippen molar-refractivity contribution in [2.75, 3.05) is 12.4 Å². The Balaban J connectivity index is 1.95. The van der Waals surface area contributed by atoms with E-state index in [9.17, 15) is 0 Å². The summed E-state index contributed by atoms with van der Waals surface area (Å²) in [6.07, 6.45) is 0. The maximum Gasteiger partial charge on any atom is 0.128 e. The first-order valence-corrected chi connectivity index (χ1v) is 7.68. The second kappa shape index (κ2) is 5.26. The largest absolute Gasteiger partial charge is 0.497 e. The van der Waals surface area contributed by atoms with Gasteiger partial charge in [0.25, 0.3) is 0 Å². The van der Waals surface area contributed by atoms with Crippen molar-refractivity contribution in [2.24, 2.45) is 0 Å². The van der Waals surface area contributed by atoms with Gasteiger partial charge in [0.05, 0.1) is 13.2 Å². The van der Waals surface area contributed by atoms with Crippen molar-refractivity contribution < 1.29 is 9.47 Å². The molecule has 2 aromatic rings. The van der Waals surface area contributed by atoms with Gasteiger partial charge >= 0.3 is 0 Å².